The van der Waals surface area contributed by atoms with E-state index in [0.717, 1.165) is 17.9 Å². The summed E-state index contributed by atoms with van der Waals surface area (Å²) in [4.78, 5) is 27.6. The number of carbonyl (C=O) groups is 2. The summed E-state index contributed by atoms with van der Waals surface area (Å²) < 4.78 is 5.14. The molecule has 25 heavy (non-hydrogen) atoms. The molecule has 2 bridgehead atoms. The fourth-order valence-corrected chi connectivity index (χ4v) is 5.45. The van der Waals surface area contributed by atoms with Gasteiger partial charge in [-0.2, -0.15) is 0 Å². The van der Waals surface area contributed by atoms with Crippen LogP contribution in [0, 0.1) is 17.8 Å². The Morgan fingerprint density at radius 2 is 1.80 bits per heavy atom. The first-order chi connectivity index (χ1) is 12.1. The number of hydrogen-bond acceptors (Lipinski definition) is 3. The number of methoxy groups -OCH3 is 1. The van der Waals surface area contributed by atoms with Crippen molar-refractivity contribution in [2.24, 2.45) is 17.8 Å². The van der Waals surface area contributed by atoms with E-state index in [1.807, 2.05) is 35.2 Å². The number of benzene rings is 1. The quantitative estimate of drug-likeness (QED) is 0.794. The summed E-state index contributed by atoms with van der Waals surface area (Å²) in [6.07, 6.45) is 6.17. The molecule has 1 saturated heterocycles. The van der Waals surface area contributed by atoms with Gasteiger partial charge in [0.15, 0.2) is 0 Å². The van der Waals surface area contributed by atoms with Gasteiger partial charge in [0.1, 0.15) is 0 Å². The van der Waals surface area contributed by atoms with Crippen LogP contribution in [-0.4, -0.2) is 37.0 Å². The highest BCUT2D eigenvalue weighted by Gasteiger charge is 2.48. The van der Waals surface area contributed by atoms with Gasteiger partial charge in [-0.3, -0.25) is 9.59 Å². The van der Waals surface area contributed by atoms with Crippen LogP contribution in [0.2, 0.25) is 0 Å². The zero-order valence-electron chi connectivity index (χ0n) is 14.9. The molecule has 0 aromatic heterocycles. The molecule has 4 heteroatoms. The summed E-state index contributed by atoms with van der Waals surface area (Å²) in [6.45, 7) is 1.30. The van der Waals surface area contributed by atoms with Crippen LogP contribution >= 0.6 is 0 Å². The number of rotatable bonds is 3. The average Bonchev–Trinajstić information content (AvgIpc) is 3.31. The lowest BCUT2D eigenvalue weighted by Gasteiger charge is -2.41. The van der Waals surface area contributed by atoms with Gasteiger partial charge in [-0.15, -0.1) is 0 Å². The molecule has 1 aromatic carbocycles. The molecule has 3 atom stereocenters. The lowest BCUT2D eigenvalue weighted by atomic mass is 9.72. The topological polar surface area (TPSA) is 46.6 Å². The predicted molar refractivity (Wildman–Crippen MR) is 94.9 cm³/mol. The Hall–Kier alpha value is -1.84. The van der Waals surface area contributed by atoms with Crippen LogP contribution < -0.4 is 0 Å². The maximum Gasteiger partial charge on any atom is 0.316 e. The van der Waals surface area contributed by atoms with Gasteiger partial charge in [0, 0.05) is 19.0 Å². The van der Waals surface area contributed by atoms with Crippen molar-refractivity contribution in [1.29, 1.82) is 0 Å². The Balaban J connectivity index is 1.49. The molecule has 3 aliphatic rings. The molecule has 134 valence electrons. The minimum absolute atomic E-state index is 0.175. The van der Waals surface area contributed by atoms with E-state index in [-0.39, 0.29) is 11.9 Å². The van der Waals surface area contributed by atoms with Crippen molar-refractivity contribution in [3.63, 3.8) is 0 Å². The molecular formula is C21H27NO3. The van der Waals surface area contributed by atoms with Gasteiger partial charge in [0.25, 0.3) is 0 Å². The zero-order chi connectivity index (χ0) is 17.4. The lowest BCUT2D eigenvalue weighted by molar-refractivity contribution is -0.152. The normalized spacial score (nSPS) is 30.3. The number of amides is 1. The predicted octanol–water partition coefficient (Wildman–Crippen LogP) is 3.16. The number of fused-ring (bicyclic) bond motifs is 2. The Morgan fingerprint density at radius 3 is 2.36 bits per heavy atom. The molecule has 3 unspecified atom stereocenters. The first kappa shape index (κ1) is 16.6. The molecule has 0 spiro atoms. The van der Waals surface area contributed by atoms with Gasteiger partial charge in [0.2, 0.25) is 5.91 Å². The van der Waals surface area contributed by atoms with E-state index >= 15 is 0 Å². The Bertz CT molecular complexity index is 648. The van der Waals surface area contributed by atoms with Crippen LogP contribution in [0.4, 0.5) is 0 Å². The molecule has 4 nitrogen and oxygen atoms in total. The molecule has 1 heterocycles. The number of likely N-dealkylation sites (tertiary alicyclic amines) is 1. The number of piperidine rings is 1. The average molecular weight is 341 g/mol. The van der Waals surface area contributed by atoms with Crippen LogP contribution in [0.1, 0.15) is 44.1 Å². The molecule has 4 rings (SSSR count). The van der Waals surface area contributed by atoms with Crippen molar-refractivity contribution >= 4 is 11.9 Å². The minimum Gasteiger partial charge on any atom is -0.468 e. The Morgan fingerprint density at radius 1 is 1.08 bits per heavy atom. The van der Waals surface area contributed by atoms with E-state index in [2.05, 4.69) is 0 Å². The molecule has 2 saturated carbocycles. The van der Waals surface area contributed by atoms with Gasteiger partial charge in [-0.25, -0.2) is 0 Å². The summed E-state index contributed by atoms with van der Waals surface area (Å²) in [6, 6.07) is 9.90. The molecule has 2 aliphatic carbocycles. The van der Waals surface area contributed by atoms with Crippen LogP contribution in [0.15, 0.2) is 30.3 Å². The fourth-order valence-electron chi connectivity index (χ4n) is 5.45. The van der Waals surface area contributed by atoms with Crippen LogP contribution in [0.25, 0.3) is 0 Å². The molecule has 1 aromatic rings. The molecule has 1 aliphatic heterocycles. The largest absolute Gasteiger partial charge is 0.468 e. The second-order valence-electron chi connectivity index (χ2n) is 8.05. The summed E-state index contributed by atoms with van der Waals surface area (Å²) in [5.74, 6) is 1.78. The maximum absolute atomic E-state index is 13.0. The van der Waals surface area contributed by atoms with Gasteiger partial charge in [-0.05, 0) is 49.5 Å². The van der Waals surface area contributed by atoms with E-state index < -0.39 is 5.41 Å². The number of esters is 1. The zero-order valence-corrected chi connectivity index (χ0v) is 14.9. The highest BCUT2D eigenvalue weighted by molar-refractivity contribution is 5.84. The van der Waals surface area contributed by atoms with Gasteiger partial charge in [0.05, 0.1) is 12.5 Å². The van der Waals surface area contributed by atoms with Crippen molar-refractivity contribution in [3.8, 4) is 0 Å². The number of ether oxygens (including phenoxy) is 1. The number of hydrogen-bond donors (Lipinski definition) is 0. The van der Waals surface area contributed by atoms with Gasteiger partial charge < -0.3 is 9.64 Å². The molecule has 0 radical (unpaired) electrons. The van der Waals surface area contributed by atoms with E-state index in [1.54, 1.807) is 0 Å². The first-order valence-electron chi connectivity index (χ1n) is 9.57. The highest BCUT2D eigenvalue weighted by Crippen LogP contribution is 2.49. The van der Waals surface area contributed by atoms with Gasteiger partial charge in [-0.1, -0.05) is 36.8 Å². The van der Waals surface area contributed by atoms with Crippen molar-refractivity contribution in [2.45, 2.75) is 43.9 Å². The molecular weight excluding hydrogens is 314 g/mol. The first-order valence-corrected chi connectivity index (χ1v) is 9.57. The molecule has 0 N–H and O–H groups in total. The minimum atomic E-state index is -0.610. The highest BCUT2D eigenvalue weighted by atomic mass is 16.5. The third kappa shape index (κ3) is 2.76. The second-order valence-corrected chi connectivity index (χ2v) is 8.05. The van der Waals surface area contributed by atoms with Crippen molar-refractivity contribution < 1.29 is 14.3 Å². The smallest absolute Gasteiger partial charge is 0.316 e. The molecule has 1 amide bonds. The summed E-state index contributed by atoms with van der Waals surface area (Å²) in [5.41, 5.74) is 0.399. The van der Waals surface area contributed by atoms with Crippen molar-refractivity contribution in [3.05, 3.63) is 35.9 Å². The van der Waals surface area contributed by atoms with Crippen LogP contribution in [0.3, 0.4) is 0 Å². The number of carbonyl (C=O) groups excluding carboxylic acids is 2. The standard InChI is InChI=1S/C21H27NO3/c1-25-20(24)21(17-5-3-2-4-6-17)9-11-22(12-10-21)19(23)18-14-15-7-8-16(18)13-15/h2-6,15-16,18H,7-14H2,1H3. The third-order valence-electron chi connectivity index (χ3n) is 6.89. The van der Waals surface area contributed by atoms with Crippen molar-refractivity contribution in [1.82, 2.24) is 4.90 Å². The molecule has 3 fully saturated rings. The summed E-state index contributed by atoms with van der Waals surface area (Å²) >= 11 is 0. The van der Waals surface area contributed by atoms with Crippen LogP contribution in [-0.2, 0) is 19.7 Å². The van der Waals surface area contributed by atoms with Gasteiger partial charge >= 0.3 is 5.97 Å². The van der Waals surface area contributed by atoms with E-state index in [0.29, 0.717) is 37.8 Å². The maximum atomic E-state index is 13.0. The summed E-state index contributed by atoms with van der Waals surface area (Å²) in [5, 5.41) is 0. The van der Waals surface area contributed by atoms with Crippen molar-refractivity contribution in [2.75, 3.05) is 20.2 Å². The third-order valence-corrected chi connectivity index (χ3v) is 6.89. The van der Waals surface area contributed by atoms with Crippen LogP contribution in [0.5, 0.6) is 0 Å². The fraction of sp³-hybridized carbons (Fsp3) is 0.619. The SMILES string of the molecule is COC(=O)C1(c2ccccc2)CCN(C(=O)C2CC3CCC2C3)CC1. The summed E-state index contributed by atoms with van der Waals surface area (Å²) in [7, 11) is 1.46. The number of nitrogens with zero attached hydrogens (tertiary/aromatic N) is 1. The monoisotopic (exact) mass is 341 g/mol. The van der Waals surface area contributed by atoms with E-state index in [1.165, 1.54) is 26.4 Å². The Kier molecular flexibility index (Phi) is 4.30. The van der Waals surface area contributed by atoms with E-state index in [4.69, 9.17) is 4.74 Å². The second kappa shape index (κ2) is 6.47. The Labute approximate surface area is 149 Å². The van der Waals surface area contributed by atoms with E-state index in [9.17, 15) is 9.59 Å². The lowest BCUT2D eigenvalue weighted by Crippen LogP contribution is -2.51.